The summed E-state index contributed by atoms with van der Waals surface area (Å²) in [5.41, 5.74) is 3.38. The van der Waals surface area contributed by atoms with Crippen molar-refractivity contribution < 1.29 is 13.9 Å². The van der Waals surface area contributed by atoms with Crippen LogP contribution in [0.25, 0.3) is 11.0 Å². The first-order valence-electron chi connectivity index (χ1n) is 13.6. The zero-order valence-electron chi connectivity index (χ0n) is 23.4. The lowest BCUT2D eigenvalue weighted by atomic mass is 10.0. The fourth-order valence-electron chi connectivity index (χ4n) is 4.77. The molecule has 0 saturated carbocycles. The Bertz CT molecular complexity index is 1490. The molecule has 10 heteroatoms. The van der Waals surface area contributed by atoms with E-state index in [4.69, 9.17) is 9.72 Å². The van der Waals surface area contributed by atoms with Gasteiger partial charge < -0.3 is 24.8 Å². The smallest absolute Gasteiger partial charge is 0.270 e. The molecule has 1 saturated heterocycles. The maximum absolute atomic E-state index is 14.1. The summed E-state index contributed by atoms with van der Waals surface area (Å²) in [6.07, 6.45) is 1.57. The van der Waals surface area contributed by atoms with Gasteiger partial charge in [0.1, 0.15) is 23.0 Å². The van der Waals surface area contributed by atoms with Gasteiger partial charge in [-0.25, -0.2) is 9.37 Å². The van der Waals surface area contributed by atoms with Gasteiger partial charge >= 0.3 is 0 Å². The third-order valence-electron chi connectivity index (χ3n) is 7.24. The number of carbonyl (C=O) groups excluding carboxylic acids is 1. The molecule has 40 heavy (non-hydrogen) atoms. The Labute approximate surface area is 234 Å². The molecule has 9 nitrogen and oxygen atoms in total. The second kappa shape index (κ2) is 12.0. The quantitative estimate of drug-likeness (QED) is 0.314. The molecule has 0 spiro atoms. The van der Waals surface area contributed by atoms with Crippen LogP contribution in [0.3, 0.4) is 0 Å². The number of aryl methyl sites for hydroxylation is 1. The molecule has 0 atom stereocenters. The third-order valence-corrected chi connectivity index (χ3v) is 7.24. The van der Waals surface area contributed by atoms with Crippen LogP contribution in [0.15, 0.2) is 54.7 Å². The topological polar surface area (TPSA) is 87.6 Å². The second-order valence-corrected chi connectivity index (χ2v) is 10.5. The fraction of sp³-hybridized carbons (Fsp3) is 0.367. The number of carbonyl (C=O) groups is 1. The van der Waals surface area contributed by atoms with E-state index in [1.165, 1.54) is 6.07 Å². The number of halogens is 1. The average Bonchev–Trinajstić information content (AvgIpc) is 3.24. The maximum atomic E-state index is 14.1. The summed E-state index contributed by atoms with van der Waals surface area (Å²) >= 11 is 0. The number of rotatable bonds is 9. The molecule has 0 radical (unpaired) electrons. The Balaban J connectivity index is 1.23. The van der Waals surface area contributed by atoms with Gasteiger partial charge in [0.2, 0.25) is 5.95 Å². The predicted molar refractivity (Wildman–Crippen MR) is 155 cm³/mol. The number of imidazole rings is 1. The molecule has 0 bridgehead atoms. The van der Waals surface area contributed by atoms with E-state index >= 15 is 0 Å². The molecule has 1 aliphatic heterocycles. The SMILES string of the molecule is CC(C)c1cc(Nc2nc3cc(Oc4ccnc(C(=O)NCCN5CCN(C)CC5)c4)ccc3n2C)ccc1F. The minimum absolute atomic E-state index is 0.0729. The summed E-state index contributed by atoms with van der Waals surface area (Å²) in [5.74, 6) is 1.37. The van der Waals surface area contributed by atoms with Crippen molar-refractivity contribution in [1.82, 2.24) is 29.7 Å². The number of ether oxygens (including phenoxy) is 1. The Morgan fingerprint density at radius 2 is 1.80 bits per heavy atom. The van der Waals surface area contributed by atoms with Gasteiger partial charge in [-0.15, -0.1) is 0 Å². The van der Waals surface area contributed by atoms with E-state index < -0.39 is 0 Å². The van der Waals surface area contributed by atoms with E-state index in [0.717, 1.165) is 49.4 Å². The molecular weight excluding hydrogens is 509 g/mol. The first-order valence-corrected chi connectivity index (χ1v) is 13.6. The summed E-state index contributed by atoms with van der Waals surface area (Å²) in [7, 11) is 4.05. The molecule has 2 aromatic heterocycles. The number of hydrogen-bond acceptors (Lipinski definition) is 7. The molecular formula is C30H36FN7O2. The number of anilines is 2. The molecule has 2 N–H and O–H groups in total. The fourth-order valence-corrected chi connectivity index (χ4v) is 4.77. The van der Waals surface area contributed by atoms with E-state index in [0.29, 0.717) is 35.2 Å². The number of nitrogens with one attached hydrogen (secondary N) is 2. The summed E-state index contributed by atoms with van der Waals surface area (Å²) in [5, 5.41) is 6.26. The summed E-state index contributed by atoms with van der Waals surface area (Å²) in [6.45, 7) is 9.43. The van der Waals surface area contributed by atoms with Crippen molar-refractivity contribution in [2.75, 3.05) is 51.6 Å². The maximum Gasteiger partial charge on any atom is 0.270 e. The zero-order valence-corrected chi connectivity index (χ0v) is 23.4. The number of amides is 1. The van der Waals surface area contributed by atoms with Crippen LogP contribution in [-0.2, 0) is 7.05 Å². The molecule has 1 aliphatic rings. The first kappa shape index (κ1) is 27.5. The van der Waals surface area contributed by atoms with E-state index in [1.807, 2.05) is 49.7 Å². The van der Waals surface area contributed by atoms with Crippen molar-refractivity contribution in [2.45, 2.75) is 19.8 Å². The van der Waals surface area contributed by atoms with Gasteiger partial charge in [-0.2, -0.15) is 0 Å². The molecule has 5 rings (SSSR count). The van der Waals surface area contributed by atoms with Gasteiger partial charge in [0.15, 0.2) is 0 Å². The number of fused-ring (bicyclic) bond motifs is 1. The number of hydrogen-bond donors (Lipinski definition) is 2. The van der Waals surface area contributed by atoms with E-state index in [-0.39, 0.29) is 17.6 Å². The van der Waals surface area contributed by atoms with Gasteiger partial charge in [0, 0.05) is 70.3 Å². The highest BCUT2D eigenvalue weighted by molar-refractivity contribution is 5.92. The minimum atomic E-state index is -0.225. The highest BCUT2D eigenvalue weighted by atomic mass is 19.1. The monoisotopic (exact) mass is 545 g/mol. The van der Waals surface area contributed by atoms with Crippen molar-refractivity contribution >= 4 is 28.6 Å². The van der Waals surface area contributed by atoms with Crippen LogP contribution in [0.5, 0.6) is 11.5 Å². The van der Waals surface area contributed by atoms with Gasteiger partial charge in [-0.05, 0) is 54.9 Å². The minimum Gasteiger partial charge on any atom is -0.457 e. The Kier molecular flexibility index (Phi) is 8.27. The van der Waals surface area contributed by atoms with Gasteiger partial charge in [0.25, 0.3) is 5.91 Å². The first-order chi connectivity index (χ1) is 19.3. The van der Waals surface area contributed by atoms with Gasteiger partial charge in [-0.1, -0.05) is 13.8 Å². The Morgan fingerprint density at radius 3 is 2.58 bits per heavy atom. The van der Waals surface area contributed by atoms with Crippen molar-refractivity contribution in [1.29, 1.82) is 0 Å². The highest BCUT2D eigenvalue weighted by Gasteiger charge is 2.15. The number of piperazine rings is 1. The number of benzene rings is 2. The molecule has 2 aromatic carbocycles. The molecule has 1 amide bonds. The standard InChI is InChI=1S/C30H36FN7O2/c1-20(2)24-17-21(5-7-25(24)31)34-30-35-26-18-22(6-8-28(26)37(30)4)40-23-9-10-32-27(19-23)29(39)33-11-12-38-15-13-36(3)14-16-38/h5-10,17-20H,11-16H2,1-4H3,(H,33,39)(H,34,35). The Hall–Kier alpha value is -4.02. The van der Waals surface area contributed by atoms with Crippen LogP contribution in [-0.4, -0.2) is 76.6 Å². The second-order valence-electron chi connectivity index (χ2n) is 10.5. The third kappa shape index (κ3) is 6.40. The van der Waals surface area contributed by atoms with Crippen LogP contribution in [0.1, 0.15) is 35.8 Å². The lowest BCUT2D eigenvalue weighted by Crippen LogP contribution is -2.46. The molecule has 1 fully saturated rings. The van der Waals surface area contributed by atoms with Crippen LogP contribution in [0.2, 0.25) is 0 Å². The normalized spacial score (nSPS) is 14.6. The molecule has 0 unspecified atom stereocenters. The molecule has 4 aromatic rings. The molecule has 0 aliphatic carbocycles. The number of pyridine rings is 1. The van der Waals surface area contributed by atoms with Crippen molar-refractivity contribution in [3.63, 3.8) is 0 Å². The van der Waals surface area contributed by atoms with Crippen LogP contribution in [0, 0.1) is 5.82 Å². The lowest BCUT2D eigenvalue weighted by molar-refractivity contribution is 0.0935. The number of aromatic nitrogens is 3. The molecule has 3 heterocycles. The van der Waals surface area contributed by atoms with Crippen LogP contribution >= 0.6 is 0 Å². The summed E-state index contributed by atoms with van der Waals surface area (Å²) in [4.78, 5) is 26.3. The van der Waals surface area contributed by atoms with Crippen LogP contribution < -0.4 is 15.4 Å². The van der Waals surface area contributed by atoms with Gasteiger partial charge in [0.05, 0.1) is 11.0 Å². The van der Waals surface area contributed by atoms with Crippen molar-refractivity contribution in [2.24, 2.45) is 7.05 Å². The zero-order chi connectivity index (χ0) is 28.2. The highest BCUT2D eigenvalue weighted by Crippen LogP contribution is 2.29. The van der Waals surface area contributed by atoms with Crippen LogP contribution in [0.4, 0.5) is 16.0 Å². The number of nitrogens with zero attached hydrogens (tertiary/aromatic N) is 5. The van der Waals surface area contributed by atoms with E-state index in [2.05, 4.69) is 32.5 Å². The summed E-state index contributed by atoms with van der Waals surface area (Å²) < 4.78 is 22.1. The van der Waals surface area contributed by atoms with E-state index in [9.17, 15) is 9.18 Å². The van der Waals surface area contributed by atoms with Gasteiger partial charge in [-0.3, -0.25) is 14.7 Å². The lowest BCUT2D eigenvalue weighted by Gasteiger charge is -2.32. The average molecular weight is 546 g/mol. The largest absolute Gasteiger partial charge is 0.457 e. The predicted octanol–water partition coefficient (Wildman–Crippen LogP) is 4.74. The van der Waals surface area contributed by atoms with Crippen molar-refractivity contribution in [3.8, 4) is 11.5 Å². The Morgan fingerprint density at radius 1 is 1.02 bits per heavy atom. The van der Waals surface area contributed by atoms with Crippen molar-refractivity contribution in [3.05, 3.63) is 71.8 Å². The summed E-state index contributed by atoms with van der Waals surface area (Å²) in [6, 6.07) is 14.0. The molecule has 210 valence electrons. The van der Waals surface area contributed by atoms with E-state index in [1.54, 1.807) is 24.4 Å². The number of likely N-dealkylation sites (N-methyl/N-ethyl adjacent to an activating group) is 1.